The maximum atomic E-state index is 12.4. The molecule has 307 valence electrons. The van der Waals surface area contributed by atoms with Crippen LogP contribution in [0.5, 0.6) is 0 Å². The first-order chi connectivity index (χ1) is 28.2. The number of carbonyl (C=O) groups excluding carboxylic acids is 6. The van der Waals surface area contributed by atoms with Crippen molar-refractivity contribution in [3.63, 3.8) is 0 Å². The molecule has 2 spiro atoms. The summed E-state index contributed by atoms with van der Waals surface area (Å²) in [4.78, 5) is 85.1. The van der Waals surface area contributed by atoms with Crippen molar-refractivity contribution in [2.75, 3.05) is 26.2 Å². The van der Waals surface area contributed by atoms with Crippen LogP contribution in [0.4, 0.5) is 0 Å². The summed E-state index contributed by atoms with van der Waals surface area (Å²) in [5.74, 6) is -2.02. The van der Waals surface area contributed by atoms with E-state index in [2.05, 4.69) is 54.4 Å². The number of hydrogen-bond donors (Lipinski definition) is 1. The van der Waals surface area contributed by atoms with Crippen LogP contribution in [0.2, 0.25) is 0 Å². The Morgan fingerprint density at radius 2 is 1.15 bits per heavy atom. The summed E-state index contributed by atoms with van der Waals surface area (Å²) in [5, 5.41) is 28.4. The molecule has 2 aromatic heterocycles. The largest absolute Gasteiger partial charge is 1.00 e. The number of fused-ring (bicyclic) bond motifs is 2. The van der Waals surface area contributed by atoms with Crippen molar-refractivity contribution in [1.82, 2.24) is 19.8 Å². The van der Waals surface area contributed by atoms with E-state index in [1.165, 1.54) is 32.6 Å². The molecule has 6 aliphatic rings. The van der Waals surface area contributed by atoms with Gasteiger partial charge < -0.3 is 27.6 Å². The molecule has 60 heavy (non-hydrogen) atoms. The van der Waals surface area contributed by atoms with Gasteiger partial charge in [-0.1, -0.05) is 0 Å². The van der Waals surface area contributed by atoms with Crippen molar-refractivity contribution in [1.29, 1.82) is 10.5 Å². The molecule has 16 nitrogen and oxygen atoms in total. The van der Waals surface area contributed by atoms with Crippen LogP contribution in [0, 0.1) is 33.5 Å². The number of aromatic nitrogens is 2. The van der Waals surface area contributed by atoms with Gasteiger partial charge in [-0.3, -0.25) is 29.1 Å². The molecule has 4 heterocycles. The maximum absolute atomic E-state index is 12.4. The van der Waals surface area contributed by atoms with Gasteiger partial charge in [0, 0.05) is 83.3 Å². The summed E-state index contributed by atoms with van der Waals surface area (Å²) in [6.45, 7) is 6.90. The summed E-state index contributed by atoms with van der Waals surface area (Å²) >= 11 is 0. The second-order valence-corrected chi connectivity index (χ2v) is 15.5. The first kappa shape index (κ1) is 47.5. The van der Waals surface area contributed by atoms with E-state index >= 15 is 0 Å². The van der Waals surface area contributed by atoms with Gasteiger partial charge in [0.2, 0.25) is 5.97 Å². The monoisotopic (exact) mass is 827 g/mol. The fourth-order valence-electron chi connectivity index (χ4n) is 7.72. The van der Waals surface area contributed by atoms with E-state index < -0.39 is 17.9 Å². The molecule has 0 amide bonds. The number of hydrogen-bond acceptors (Lipinski definition) is 16. The number of aliphatic hydroxyl groups excluding tert-OH is 1. The minimum absolute atomic E-state index is 0. The van der Waals surface area contributed by atoms with Gasteiger partial charge in [-0.15, -0.1) is 0 Å². The molecule has 3 radical (unpaired) electrons. The van der Waals surface area contributed by atoms with E-state index in [1.54, 1.807) is 18.5 Å². The van der Waals surface area contributed by atoms with Crippen LogP contribution < -0.4 is 29.6 Å². The summed E-state index contributed by atoms with van der Waals surface area (Å²) < 4.78 is 3.61. The van der Waals surface area contributed by atoms with Gasteiger partial charge in [0.1, 0.15) is 29.0 Å². The Morgan fingerprint density at radius 3 is 1.48 bits per heavy atom. The molecule has 0 aromatic carbocycles. The Kier molecular flexibility index (Phi) is 16.5. The number of aliphatic hydroxyl groups is 1. The second kappa shape index (κ2) is 20.9. The third-order valence-corrected chi connectivity index (χ3v) is 11.4. The minimum Gasteiger partial charge on any atom is -0.793 e. The number of nitriles is 2. The molecule has 0 atom stereocenters. The van der Waals surface area contributed by atoms with Crippen molar-refractivity contribution >= 4 is 55.2 Å². The number of rotatable bonds is 4. The van der Waals surface area contributed by atoms with Crippen LogP contribution in [0.15, 0.2) is 35.7 Å². The molecule has 0 bridgehead atoms. The molecular weight excluding hydrogens is 782 g/mol. The van der Waals surface area contributed by atoms with Crippen LogP contribution in [-0.2, 0) is 57.9 Å². The van der Waals surface area contributed by atoms with E-state index in [-0.39, 0.29) is 71.7 Å². The Balaban J connectivity index is 0.000000203. The number of allylic oxidation sites excluding steroid dienone is 2. The third-order valence-electron chi connectivity index (χ3n) is 11.4. The van der Waals surface area contributed by atoms with Crippen molar-refractivity contribution in [3.05, 3.63) is 69.3 Å². The Morgan fingerprint density at radius 1 is 0.750 bits per heavy atom. The van der Waals surface area contributed by atoms with Crippen molar-refractivity contribution in [2.45, 2.75) is 91.6 Å². The number of piperidine rings is 2. The van der Waals surface area contributed by atoms with E-state index in [0.717, 1.165) is 93.7 Å². The molecule has 2 aromatic rings. The van der Waals surface area contributed by atoms with Gasteiger partial charge >= 0.3 is 41.5 Å². The Labute approximate surface area is 371 Å². The predicted octanol–water partition coefficient (Wildman–Crippen LogP) is 0.604. The van der Waals surface area contributed by atoms with Gasteiger partial charge in [-0.25, -0.2) is 19.4 Å². The second-order valence-electron chi connectivity index (χ2n) is 15.5. The van der Waals surface area contributed by atoms with Crippen LogP contribution in [0.3, 0.4) is 0 Å². The van der Waals surface area contributed by atoms with E-state index in [4.69, 9.17) is 0 Å². The molecule has 8 rings (SSSR count). The van der Waals surface area contributed by atoms with E-state index in [0.29, 0.717) is 34.2 Å². The molecule has 4 aliphatic carbocycles. The zero-order chi connectivity index (χ0) is 42.9. The van der Waals surface area contributed by atoms with Crippen LogP contribution in [0.1, 0.15) is 111 Å². The number of pyridine rings is 2. The number of nitrogens with zero attached hydrogens (tertiary/aromatic N) is 6. The Bertz CT molecular complexity index is 2150. The molecule has 2 aliphatic heterocycles. The number of ketones is 2. The molecule has 18 heteroatoms. The molecule has 0 unspecified atom stereocenters. The van der Waals surface area contributed by atoms with Gasteiger partial charge in [0.05, 0.1) is 23.7 Å². The SMILES string of the molecule is CC(=O)OOC(C)=O.N#CC1=C(N2CCC3(CC2)CC3)c2cc(C=O)ncc2CC1=O.N#CC1=C(N2CCC3(CC2)CC3)c2cc(CO)ncc2CC1=O.[B-]OC(C)=O.[Na+]. The maximum Gasteiger partial charge on any atom is 1.00 e. The standard InChI is InChI=1S/C18H19N3O2.C18H17N3O2.C4H6O4.C2H3BO2.Na/c2*19-9-15-16(23)7-12-10-20-13(11-22)8-14(12)17(15)21-5-3-18(1-2-18)4-6-21;1-3(5)7-8-4(2)6;1-2(4)5-3;/h8,10,22H,1-7,11H2;8,10-11H,1-7H2;1-2H3;1H3;/q;;;-1;+1. The van der Waals surface area contributed by atoms with E-state index in [1.807, 2.05) is 6.07 Å². The molecule has 4 fully saturated rings. The molecule has 2 saturated carbocycles. The normalized spacial score (nSPS) is 18.4. The summed E-state index contributed by atoms with van der Waals surface area (Å²) in [6.07, 6.45) is 14.1. The van der Waals surface area contributed by atoms with Gasteiger partial charge in [-0.2, -0.15) is 10.5 Å². The molecular formula is C42H45BN6NaO10. The number of aldehydes is 1. The fraction of sp³-hybridized carbons (Fsp3) is 0.476. The smallest absolute Gasteiger partial charge is 0.793 e. The van der Waals surface area contributed by atoms with Gasteiger partial charge in [0.15, 0.2) is 17.9 Å². The third kappa shape index (κ3) is 11.8. The topological polar surface area (TPSA) is 230 Å². The first-order valence-corrected chi connectivity index (χ1v) is 19.3. The van der Waals surface area contributed by atoms with Crippen LogP contribution >= 0.6 is 0 Å². The van der Waals surface area contributed by atoms with Crippen molar-refractivity contribution in [2.24, 2.45) is 10.8 Å². The first-order valence-electron chi connectivity index (χ1n) is 19.3. The van der Waals surface area contributed by atoms with Crippen molar-refractivity contribution in [3.8, 4) is 12.1 Å². The summed E-state index contributed by atoms with van der Waals surface area (Å²) in [7, 11) is 4.32. The average molecular weight is 828 g/mol. The summed E-state index contributed by atoms with van der Waals surface area (Å²) in [6, 6.07) is 7.76. The predicted molar refractivity (Wildman–Crippen MR) is 208 cm³/mol. The molecule has 2 saturated heterocycles. The van der Waals surface area contributed by atoms with Crippen molar-refractivity contribution < 1.29 is 77.9 Å². The van der Waals surface area contributed by atoms with Crippen LogP contribution in [-0.4, -0.2) is 94.9 Å². The van der Waals surface area contributed by atoms with E-state index in [9.17, 15) is 44.4 Å². The zero-order valence-corrected chi connectivity index (χ0v) is 36.4. The quantitative estimate of drug-likeness (QED) is 0.193. The fourth-order valence-corrected chi connectivity index (χ4v) is 7.72. The molecule has 1 N–H and O–H groups in total. The average Bonchev–Trinajstić information content (AvgIpc) is 4.18. The number of Topliss-reactive ketones (excluding diaryl/α,β-unsaturated/α-hetero) is 2. The summed E-state index contributed by atoms with van der Waals surface area (Å²) in [5.41, 5.74) is 7.31. The minimum atomic E-state index is -0.639. The van der Waals surface area contributed by atoms with Gasteiger partial charge in [-0.05, 0) is 85.5 Å². The van der Waals surface area contributed by atoms with Gasteiger partial charge in [0.25, 0.3) is 0 Å². The van der Waals surface area contributed by atoms with Crippen LogP contribution in [0.25, 0.3) is 11.4 Å². The zero-order valence-electron chi connectivity index (χ0n) is 34.4. The number of carbonyl (C=O) groups is 6. The number of likely N-dealkylation sites (tertiary alicyclic amines) is 2. The Hall–Kier alpha value is -5.20.